The lowest BCUT2D eigenvalue weighted by Gasteiger charge is -2.30. The fourth-order valence-electron chi connectivity index (χ4n) is 3.17. The van der Waals surface area contributed by atoms with Gasteiger partial charge < -0.3 is 5.73 Å². The van der Waals surface area contributed by atoms with Gasteiger partial charge in [0, 0.05) is 17.5 Å². The third-order valence-electron chi connectivity index (χ3n) is 4.53. The molecule has 0 aromatic heterocycles. The lowest BCUT2D eigenvalue weighted by Crippen LogP contribution is -2.38. The van der Waals surface area contributed by atoms with E-state index < -0.39 is 0 Å². The van der Waals surface area contributed by atoms with E-state index in [1.165, 1.54) is 18.4 Å². The third-order valence-corrected chi connectivity index (χ3v) is 4.53. The summed E-state index contributed by atoms with van der Waals surface area (Å²) < 4.78 is 0. The Morgan fingerprint density at radius 1 is 1.21 bits per heavy atom. The van der Waals surface area contributed by atoms with Crippen molar-refractivity contribution in [2.75, 3.05) is 6.54 Å². The maximum absolute atomic E-state index is 12.9. The molecule has 1 aromatic carbocycles. The van der Waals surface area contributed by atoms with Crippen molar-refractivity contribution in [3.05, 3.63) is 35.4 Å². The lowest BCUT2D eigenvalue weighted by atomic mass is 9.74. The minimum atomic E-state index is -0.303. The van der Waals surface area contributed by atoms with Crippen LogP contribution >= 0.6 is 0 Å². The number of rotatable bonds is 4. The van der Waals surface area contributed by atoms with E-state index in [1.54, 1.807) is 0 Å². The van der Waals surface area contributed by atoms with Crippen LogP contribution in [0.5, 0.6) is 0 Å². The summed E-state index contributed by atoms with van der Waals surface area (Å²) in [5.74, 6) is 0.271. The van der Waals surface area contributed by atoms with E-state index in [1.807, 2.05) is 18.2 Å². The summed E-state index contributed by atoms with van der Waals surface area (Å²) >= 11 is 0. The second-order valence-electron chi connectivity index (χ2n) is 5.78. The lowest BCUT2D eigenvalue weighted by molar-refractivity contribution is 0.0774. The topological polar surface area (TPSA) is 43.1 Å². The van der Waals surface area contributed by atoms with Gasteiger partial charge in [0.2, 0.25) is 0 Å². The molecule has 2 heteroatoms. The molecule has 2 nitrogen and oxygen atoms in total. The molecule has 0 aliphatic heterocycles. The quantitative estimate of drug-likeness (QED) is 0.661. The molecule has 0 spiro atoms. The maximum Gasteiger partial charge on any atom is 0.170 e. The van der Waals surface area contributed by atoms with Gasteiger partial charge in [-0.25, -0.2) is 0 Å². The van der Waals surface area contributed by atoms with E-state index in [0.29, 0.717) is 6.54 Å². The normalized spacial score (nSPS) is 18.8. The molecule has 2 N–H and O–H groups in total. The van der Waals surface area contributed by atoms with Gasteiger partial charge in [-0.2, -0.15) is 0 Å². The van der Waals surface area contributed by atoms with Gasteiger partial charge in [-0.15, -0.1) is 0 Å². The third kappa shape index (κ3) is 3.06. The molecular weight excluding hydrogens is 234 g/mol. The summed E-state index contributed by atoms with van der Waals surface area (Å²) in [5.41, 5.74) is 7.77. The summed E-state index contributed by atoms with van der Waals surface area (Å²) in [4.78, 5) is 12.9. The van der Waals surface area contributed by atoms with Crippen molar-refractivity contribution >= 4 is 5.78 Å². The van der Waals surface area contributed by atoms with Gasteiger partial charge in [-0.3, -0.25) is 4.79 Å². The van der Waals surface area contributed by atoms with Crippen LogP contribution in [0.3, 0.4) is 0 Å². The molecular formula is C17H25NO. The molecule has 0 atom stereocenters. The molecule has 1 aliphatic carbocycles. The number of hydrogen-bond donors (Lipinski definition) is 1. The Morgan fingerprint density at radius 2 is 1.89 bits per heavy atom. The number of carbonyl (C=O) groups is 1. The van der Waals surface area contributed by atoms with Crippen LogP contribution in [-0.4, -0.2) is 12.3 Å². The van der Waals surface area contributed by atoms with E-state index in [4.69, 9.17) is 5.73 Å². The monoisotopic (exact) mass is 259 g/mol. The Balaban J connectivity index is 2.28. The molecule has 1 fully saturated rings. The molecule has 2 rings (SSSR count). The highest BCUT2D eigenvalue weighted by Gasteiger charge is 2.37. The highest BCUT2D eigenvalue weighted by atomic mass is 16.1. The van der Waals surface area contributed by atoms with Crippen molar-refractivity contribution in [1.82, 2.24) is 0 Å². The number of hydrogen-bond acceptors (Lipinski definition) is 2. The highest BCUT2D eigenvalue weighted by Crippen LogP contribution is 2.37. The standard InChI is InChI=1S/C17H25NO/c1-2-14-8-7-9-15(12-14)16(19)17(13-18)10-5-3-4-6-11-17/h7-9,12H,2-6,10-11,13,18H2,1H3. The minimum Gasteiger partial charge on any atom is -0.329 e. The van der Waals surface area contributed by atoms with E-state index in [-0.39, 0.29) is 11.2 Å². The number of Topliss-reactive ketones (excluding diaryl/α,β-unsaturated/α-hetero) is 1. The van der Waals surface area contributed by atoms with Crippen molar-refractivity contribution in [3.63, 3.8) is 0 Å². The van der Waals surface area contributed by atoms with Crippen LogP contribution in [-0.2, 0) is 6.42 Å². The van der Waals surface area contributed by atoms with Gasteiger partial charge in [0.1, 0.15) is 0 Å². The second kappa shape index (κ2) is 6.33. The van der Waals surface area contributed by atoms with Crippen molar-refractivity contribution in [2.45, 2.75) is 51.9 Å². The van der Waals surface area contributed by atoms with Gasteiger partial charge in [0.25, 0.3) is 0 Å². The first kappa shape index (κ1) is 14.3. The molecule has 1 aliphatic rings. The van der Waals surface area contributed by atoms with Crippen LogP contribution in [0.1, 0.15) is 61.4 Å². The molecule has 0 unspecified atom stereocenters. The van der Waals surface area contributed by atoms with Crippen LogP contribution in [0, 0.1) is 5.41 Å². The number of benzene rings is 1. The average molecular weight is 259 g/mol. The van der Waals surface area contributed by atoms with E-state index in [2.05, 4.69) is 13.0 Å². The van der Waals surface area contributed by atoms with Crippen molar-refractivity contribution in [2.24, 2.45) is 11.1 Å². The fraction of sp³-hybridized carbons (Fsp3) is 0.588. The zero-order valence-electron chi connectivity index (χ0n) is 12.0. The molecule has 19 heavy (non-hydrogen) atoms. The molecule has 1 saturated carbocycles. The van der Waals surface area contributed by atoms with Crippen molar-refractivity contribution < 1.29 is 4.79 Å². The molecule has 0 heterocycles. The van der Waals surface area contributed by atoms with Gasteiger partial charge in [-0.1, -0.05) is 50.8 Å². The van der Waals surface area contributed by atoms with Gasteiger partial charge in [0.05, 0.1) is 0 Å². The van der Waals surface area contributed by atoms with Crippen LogP contribution in [0.4, 0.5) is 0 Å². The first-order chi connectivity index (χ1) is 9.22. The number of ketones is 1. The maximum atomic E-state index is 12.9. The van der Waals surface area contributed by atoms with Crippen LogP contribution in [0.25, 0.3) is 0 Å². The van der Waals surface area contributed by atoms with Crippen LogP contribution in [0.2, 0.25) is 0 Å². The summed E-state index contributed by atoms with van der Waals surface area (Å²) in [6.45, 7) is 2.61. The zero-order valence-corrected chi connectivity index (χ0v) is 12.0. The molecule has 0 saturated heterocycles. The first-order valence-corrected chi connectivity index (χ1v) is 7.56. The number of aryl methyl sites for hydroxylation is 1. The SMILES string of the molecule is CCc1cccc(C(=O)C2(CN)CCCCCC2)c1. The second-order valence-corrected chi connectivity index (χ2v) is 5.78. The summed E-state index contributed by atoms with van der Waals surface area (Å²) in [6, 6.07) is 8.07. The van der Waals surface area contributed by atoms with Crippen LogP contribution < -0.4 is 5.73 Å². The van der Waals surface area contributed by atoms with Gasteiger partial charge >= 0.3 is 0 Å². The number of carbonyl (C=O) groups excluding carboxylic acids is 1. The Hall–Kier alpha value is -1.15. The summed E-state index contributed by atoms with van der Waals surface area (Å²) in [6.07, 6.45) is 7.63. The predicted octanol–water partition coefficient (Wildman–Crippen LogP) is 3.73. The van der Waals surface area contributed by atoms with Gasteiger partial charge in [0.15, 0.2) is 5.78 Å². The van der Waals surface area contributed by atoms with Crippen LogP contribution in [0.15, 0.2) is 24.3 Å². The highest BCUT2D eigenvalue weighted by molar-refractivity contribution is 6.00. The molecule has 0 amide bonds. The first-order valence-electron chi connectivity index (χ1n) is 7.56. The van der Waals surface area contributed by atoms with Crippen molar-refractivity contribution in [3.8, 4) is 0 Å². The molecule has 0 radical (unpaired) electrons. The number of nitrogens with two attached hydrogens (primary N) is 1. The Kier molecular flexibility index (Phi) is 4.76. The fourth-order valence-corrected chi connectivity index (χ4v) is 3.17. The Labute approximate surface area is 116 Å². The average Bonchev–Trinajstić information content (AvgIpc) is 2.73. The molecule has 1 aromatic rings. The van der Waals surface area contributed by atoms with E-state index >= 15 is 0 Å². The van der Waals surface area contributed by atoms with Gasteiger partial charge in [-0.05, 0) is 30.9 Å². The Bertz CT molecular complexity index is 431. The zero-order chi connectivity index (χ0) is 13.7. The molecule has 0 bridgehead atoms. The molecule has 104 valence electrons. The van der Waals surface area contributed by atoms with E-state index in [0.717, 1.165) is 37.7 Å². The summed E-state index contributed by atoms with van der Waals surface area (Å²) in [7, 11) is 0. The van der Waals surface area contributed by atoms with Crippen molar-refractivity contribution in [1.29, 1.82) is 0 Å². The smallest absolute Gasteiger partial charge is 0.170 e. The largest absolute Gasteiger partial charge is 0.329 e. The van der Waals surface area contributed by atoms with E-state index in [9.17, 15) is 4.79 Å². The Morgan fingerprint density at radius 3 is 2.47 bits per heavy atom. The minimum absolute atomic E-state index is 0.271. The summed E-state index contributed by atoms with van der Waals surface area (Å²) in [5, 5.41) is 0. The predicted molar refractivity (Wildman–Crippen MR) is 79.3 cm³/mol.